The quantitative estimate of drug-likeness (QED) is 0.577. The monoisotopic (exact) mass is 459 g/mol. The van der Waals surface area contributed by atoms with Crippen molar-refractivity contribution in [2.45, 2.75) is 37.7 Å². The molecule has 1 fully saturated rings. The van der Waals surface area contributed by atoms with Crippen LogP contribution in [0.2, 0.25) is 0 Å². The molecule has 31 heavy (non-hydrogen) atoms. The van der Waals surface area contributed by atoms with Crippen molar-refractivity contribution in [3.05, 3.63) is 36.0 Å². The number of hydrogen-bond donors (Lipinski definition) is 0. The van der Waals surface area contributed by atoms with Crippen LogP contribution in [0.1, 0.15) is 26.7 Å². The van der Waals surface area contributed by atoms with Crippen molar-refractivity contribution in [3.63, 3.8) is 0 Å². The molecule has 1 aromatic carbocycles. The zero-order valence-corrected chi connectivity index (χ0v) is 19.4. The lowest BCUT2D eigenvalue weighted by atomic mass is 10.1. The second kappa shape index (κ2) is 8.55. The third-order valence-electron chi connectivity index (χ3n) is 5.44. The fraction of sp³-hybridized carbons (Fsp3) is 0.409. The highest BCUT2D eigenvalue weighted by atomic mass is 32.2. The molecule has 7 nitrogen and oxygen atoms in total. The summed E-state index contributed by atoms with van der Waals surface area (Å²) in [5, 5.41) is 1.99. The van der Waals surface area contributed by atoms with E-state index in [2.05, 4.69) is 9.97 Å². The zero-order valence-electron chi connectivity index (χ0n) is 17.7. The number of carbonyl (C=O) groups excluding carboxylic acids is 1. The minimum atomic E-state index is -3.24. The van der Waals surface area contributed by atoms with E-state index in [9.17, 15) is 13.2 Å². The number of rotatable bonds is 5. The molecule has 2 aromatic heterocycles. The Kier molecular flexibility index (Phi) is 5.98. The van der Waals surface area contributed by atoms with Gasteiger partial charge < -0.3 is 9.64 Å². The van der Waals surface area contributed by atoms with E-state index >= 15 is 0 Å². The number of aromatic nitrogens is 2. The van der Waals surface area contributed by atoms with Crippen LogP contribution in [-0.2, 0) is 14.6 Å². The number of sulfone groups is 1. The van der Waals surface area contributed by atoms with Gasteiger partial charge in [0.15, 0.2) is 9.84 Å². The van der Waals surface area contributed by atoms with Crippen LogP contribution in [0.25, 0.3) is 21.3 Å². The highest BCUT2D eigenvalue weighted by molar-refractivity contribution is 7.90. The fourth-order valence-electron chi connectivity index (χ4n) is 3.72. The number of likely N-dealkylation sites (tertiary alicyclic amines) is 1. The first-order chi connectivity index (χ1) is 14.7. The van der Waals surface area contributed by atoms with Gasteiger partial charge in [0.1, 0.15) is 17.1 Å². The van der Waals surface area contributed by atoms with Crippen molar-refractivity contribution in [1.82, 2.24) is 14.9 Å². The number of ether oxygens (including phenoxy) is 1. The molecule has 0 radical (unpaired) electrons. The van der Waals surface area contributed by atoms with Crippen LogP contribution in [0.5, 0.6) is 5.88 Å². The van der Waals surface area contributed by atoms with E-state index in [1.54, 1.807) is 24.3 Å². The number of nitrogens with zero attached hydrogens (tertiary/aromatic N) is 3. The lowest BCUT2D eigenvalue weighted by Crippen LogP contribution is -2.43. The molecular weight excluding hydrogens is 434 g/mol. The van der Waals surface area contributed by atoms with Crippen molar-refractivity contribution in [2.75, 3.05) is 19.3 Å². The maximum absolute atomic E-state index is 12.2. The molecule has 1 amide bonds. The molecule has 0 N–H and O–H groups in total. The summed E-state index contributed by atoms with van der Waals surface area (Å²) in [5.74, 6) is 0.755. The van der Waals surface area contributed by atoms with Crippen molar-refractivity contribution in [1.29, 1.82) is 0 Å². The topological polar surface area (TPSA) is 89.5 Å². The Balaban J connectivity index is 1.53. The van der Waals surface area contributed by atoms with E-state index < -0.39 is 9.84 Å². The molecule has 3 heterocycles. The highest BCUT2D eigenvalue weighted by Crippen LogP contribution is 2.37. The smallest absolute Gasteiger partial charge is 0.235 e. The molecule has 3 aromatic rings. The summed E-state index contributed by atoms with van der Waals surface area (Å²) in [6.45, 7) is 5.23. The maximum atomic E-state index is 12.2. The van der Waals surface area contributed by atoms with Crippen molar-refractivity contribution >= 4 is 37.3 Å². The third kappa shape index (κ3) is 4.57. The molecule has 0 atom stereocenters. The predicted octanol–water partition coefficient (Wildman–Crippen LogP) is 3.79. The number of amides is 1. The van der Waals surface area contributed by atoms with Gasteiger partial charge in [-0.3, -0.25) is 4.79 Å². The first kappa shape index (κ1) is 21.7. The Labute approximate surface area is 186 Å². The van der Waals surface area contributed by atoms with Gasteiger partial charge in [0, 0.05) is 49.0 Å². The van der Waals surface area contributed by atoms with Crippen LogP contribution in [0.3, 0.4) is 0 Å². The number of benzene rings is 1. The minimum Gasteiger partial charge on any atom is -0.473 e. The van der Waals surface area contributed by atoms with Crippen LogP contribution in [0.4, 0.5) is 0 Å². The molecule has 164 valence electrons. The van der Waals surface area contributed by atoms with E-state index in [4.69, 9.17) is 4.74 Å². The molecule has 1 aliphatic heterocycles. The second-order valence-electron chi connectivity index (χ2n) is 8.10. The van der Waals surface area contributed by atoms with Gasteiger partial charge in [-0.15, -0.1) is 11.3 Å². The number of carbonyl (C=O) groups is 1. The summed E-state index contributed by atoms with van der Waals surface area (Å²) in [6, 6.07) is 6.81. The normalized spacial score (nSPS) is 15.5. The molecule has 0 aliphatic carbocycles. The van der Waals surface area contributed by atoms with Gasteiger partial charge in [0.25, 0.3) is 0 Å². The van der Waals surface area contributed by atoms with Gasteiger partial charge >= 0.3 is 0 Å². The maximum Gasteiger partial charge on any atom is 0.235 e. The lowest BCUT2D eigenvalue weighted by Gasteiger charge is -2.33. The number of fused-ring (bicyclic) bond motifs is 1. The fourth-order valence-corrected chi connectivity index (χ4v) is 5.31. The molecular formula is C22H25N3O4S2. The summed E-state index contributed by atoms with van der Waals surface area (Å²) in [7, 11) is -3.24. The predicted molar refractivity (Wildman–Crippen MR) is 121 cm³/mol. The van der Waals surface area contributed by atoms with Crippen LogP contribution < -0.4 is 4.74 Å². The van der Waals surface area contributed by atoms with E-state index in [0.29, 0.717) is 19.0 Å². The largest absolute Gasteiger partial charge is 0.473 e. The first-order valence-electron chi connectivity index (χ1n) is 10.2. The Morgan fingerprint density at radius 1 is 1.16 bits per heavy atom. The minimum absolute atomic E-state index is 0.00825. The van der Waals surface area contributed by atoms with E-state index in [1.165, 1.54) is 23.9 Å². The summed E-state index contributed by atoms with van der Waals surface area (Å²) < 4.78 is 30.5. The van der Waals surface area contributed by atoms with Crippen LogP contribution in [-0.4, -0.2) is 54.6 Å². The molecule has 1 saturated heterocycles. The molecule has 0 spiro atoms. The zero-order chi connectivity index (χ0) is 22.2. The van der Waals surface area contributed by atoms with Crippen LogP contribution >= 0.6 is 11.3 Å². The highest BCUT2D eigenvalue weighted by Gasteiger charge is 2.26. The first-order valence-corrected chi connectivity index (χ1v) is 13.0. The molecule has 4 rings (SSSR count). The van der Waals surface area contributed by atoms with E-state index in [1.807, 2.05) is 24.1 Å². The van der Waals surface area contributed by atoms with Gasteiger partial charge in [-0.25, -0.2) is 18.4 Å². The van der Waals surface area contributed by atoms with Gasteiger partial charge in [-0.05, 0) is 17.7 Å². The lowest BCUT2D eigenvalue weighted by molar-refractivity contribution is -0.136. The van der Waals surface area contributed by atoms with Gasteiger partial charge in [0.05, 0.1) is 10.4 Å². The average molecular weight is 460 g/mol. The summed E-state index contributed by atoms with van der Waals surface area (Å²) >= 11 is 1.51. The Morgan fingerprint density at radius 3 is 2.45 bits per heavy atom. The van der Waals surface area contributed by atoms with E-state index in [0.717, 1.165) is 34.2 Å². The standard InChI is InChI=1S/C22H25N3O4S2/c1-14(2)22(26)25-10-8-16(9-11-25)29-21-20-19(23-13-24-21)18(12-30-20)15-4-6-17(7-5-15)31(3,27)28/h4-7,12-14,16H,8-11H2,1-3H3. The number of thiophene rings is 1. The average Bonchev–Trinajstić information content (AvgIpc) is 3.18. The van der Waals surface area contributed by atoms with Crippen molar-refractivity contribution < 1.29 is 17.9 Å². The third-order valence-corrected chi connectivity index (χ3v) is 7.53. The van der Waals surface area contributed by atoms with Crippen molar-refractivity contribution in [3.8, 4) is 17.0 Å². The summed E-state index contributed by atoms with van der Waals surface area (Å²) in [6.07, 6.45) is 4.25. The van der Waals surface area contributed by atoms with Crippen LogP contribution in [0, 0.1) is 5.92 Å². The Morgan fingerprint density at radius 2 is 1.84 bits per heavy atom. The second-order valence-corrected chi connectivity index (χ2v) is 11.0. The Hall–Kier alpha value is -2.52. The molecule has 1 aliphatic rings. The van der Waals surface area contributed by atoms with Gasteiger partial charge in [-0.2, -0.15) is 0 Å². The molecule has 0 saturated carbocycles. The van der Waals surface area contributed by atoms with Crippen LogP contribution in [0.15, 0.2) is 40.9 Å². The van der Waals surface area contributed by atoms with Gasteiger partial charge in [0.2, 0.25) is 11.8 Å². The molecule has 9 heteroatoms. The Bertz CT molecular complexity index is 1200. The summed E-state index contributed by atoms with van der Waals surface area (Å²) in [4.78, 5) is 23.2. The number of piperidine rings is 1. The SMILES string of the molecule is CC(C)C(=O)N1CCC(Oc2ncnc3c(-c4ccc(S(C)(=O)=O)cc4)csc23)CC1. The molecule has 0 bridgehead atoms. The van der Waals surface area contributed by atoms with E-state index in [-0.39, 0.29) is 22.8 Å². The van der Waals surface area contributed by atoms with Gasteiger partial charge in [-0.1, -0.05) is 26.0 Å². The summed E-state index contributed by atoms with van der Waals surface area (Å²) in [5.41, 5.74) is 2.60. The molecule has 0 unspecified atom stereocenters. The van der Waals surface area contributed by atoms with Crippen molar-refractivity contribution in [2.24, 2.45) is 5.92 Å². The number of hydrogen-bond acceptors (Lipinski definition) is 7.